The molecule has 0 radical (unpaired) electrons. The Morgan fingerprint density at radius 1 is 1.30 bits per heavy atom. The molecule has 0 aliphatic heterocycles. The monoisotopic (exact) mass is 280 g/mol. The minimum absolute atomic E-state index is 0.101. The van der Waals surface area contributed by atoms with Gasteiger partial charge < -0.3 is 9.73 Å². The van der Waals surface area contributed by atoms with E-state index in [2.05, 4.69) is 24.1 Å². The predicted molar refractivity (Wildman–Crippen MR) is 73.3 cm³/mol. The standard InChI is InChI=1S/C15H18F2N2O/c1-10(2)18-8-4-7-14-19-9-13(20-14)11-5-3-6-12(16)15(11)17/h3,5-6,9-10,18H,4,7-8H2,1-2H3. The fourth-order valence-corrected chi connectivity index (χ4v) is 1.87. The van der Waals surface area contributed by atoms with E-state index in [1.54, 1.807) is 0 Å². The summed E-state index contributed by atoms with van der Waals surface area (Å²) in [4.78, 5) is 4.10. The van der Waals surface area contributed by atoms with Crippen molar-refractivity contribution in [1.29, 1.82) is 0 Å². The second-order valence-corrected chi connectivity index (χ2v) is 4.93. The van der Waals surface area contributed by atoms with Crippen molar-refractivity contribution in [2.75, 3.05) is 6.54 Å². The van der Waals surface area contributed by atoms with Gasteiger partial charge in [0.1, 0.15) is 0 Å². The van der Waals surface area contributed by atoms with Gasteiger partial charge in [-0.1, -0.05) is 19.9 Å². The third-order valence-corrected chi connectivity index (χ3v) is 2.89. The molecule has 1 heterocycles. The zero-order valence-electron chi connectivity index (χ0n) is 11.6. The number of aromatic nitrogens is 1. The molecule has 2 rings (SSSR count). The van der Waals surface area contributed by atoms with Gasteiger partial charge in [-0.3, -0.25) is 0 Å². The number of hydrogen-bond acceptors (Lipinski definition) is 3. The van der Waals surface area contributed by atoms with Crippen LogP contribution in [0.5, 0.6) is 0 Å². The van der Waals surface area contributed by atoms with Crippen LogP contribution in [0.1, 0.15) is 26.2 Å². The number of nitrogens with one attached hydrogen (secondary N) is 1. The first kappa shape index (κ1) is 14.7. The van der Waals surface area contributed by atoms with Gasteiger partial charge >= 0.3 is 0 Å². The molecule has 2 aromatic rings. The molecule has 0 fully saturated rings. The lowest BCUT2D eigenvalue weighted by molar-refractivity contribution is 0.475. The van der Waals surface area contributed by atoms with Crippen LogP contribution >= 0.6 is 0 Å². The lowest BCUT2D eigenvalue weighted by Crippen LogP contribution is -2.23. The Morgan fingerprint density at radius 3 is 2.85 bits per heavy atom. The molecule has 108 valence electrons. The van der Waals surface area contributed by atoms with E-state index in [1.165, 1.54) is 18.3 Å². The number of aryl methyl sites for hydroxylation is 1. The van der Waals surface area contributed by atoms with Crippen LogP contribution < -0.4 is 5.32 Å². The van der Waals surface area contributed by atoms with Crippen molar-refractivity contribution in [3.63, 3.8) is 0 Å². The molecule has 3 nitrogen and oxygen atoms in total. The van der Waals surface area contributed by atoms with E-state index in [-0.39, 0.29) is 11.3 Å². The van der Waals surface area contributed by atoms with Crippen molar-refractivity contribution >= 4 is 0 Å². The molecule has 0 unspecified atom stereocenters. The molecule has 0 amide bonds. The van der Waals surface area contributed by atoms with E-state index in [1.807, 2.05) is 0 Å². The minimum atomic E-state index is -0.906. The molecule has 0 aliphatic rings. The van der Waals surface area contributed by atoms with Gasteiger partial charge in [-0.2, -0.15) is 0 Å². The number of oxazole rings is 1. The van der Waals surface area contributed by atoms with Gasteiger partial charge in [0, 0.05) is 12.5 Å². The molecule has 0 saturated heterocycles. The van der Waals surface area contributed by atoms with E-state index < -0.39 is 11.6 Å². The lowest BCUT2D eigenvalue weighted by Gasteiger charge is -2.06. The molecular formula is C15H18F2N2O. The molecule has 1 N–H and O–H groups in total. The number of halogens is 2. The zero-order chi connectivity index (χ0) is 14.5. The van der Waals surface area contributed by atoms with Crippen LogP contribution in [0.3, 0.4) is 0 Å². The van der Waals surface area contributed by atoms with Crippen LogP contribution in [0.25, 0.3) is 11.3 Å². The van der Waals surface area contributed by atoms with E-state index in [4.69, 9.17) is 4.42 Å². The summed E-state index contributed by atoms with van der Waals surface area (Å²) in [7, 11) is 0. The SMILES string of the molecule is CC(C)NCCCc1ncc(-c2cccc(F)c2F)o1. The summed E-state index contributed by atoms with van der Waals surface area (Å²) in [6, 6.07) is 4.44. The molecule has 1 aromatic heterocycles. The van der Waals surface area contributed by atoms with Crippen molar-refractivity contribution in [1.82, 2.24) is 10.3 Å². The first-order valence-electron chi connectivity index (χ1n) is 6.70. The maximum absolute atomic E-state index is 13.6. The van der Waals surface area contributed by atoms with Crippen molar-refractivity contribution < 1.29 is 13.2 Å². The van der Waals surface area contributed by atoms with Crippen LogP contribution in [-0.4, -0.2) is 17.6 Å². The molecular weight excluding hydrogens is 262 g/mol. The molecule has 0 aliphatic carbocycles. The van der Waals surface area contributed by atoms with Crippen LogP contribution in [0, 0.1) is 11.6 Å². The average Bonchev–Trinajstić information content (AvgIpc) is 2.86. The molecule has 0 saturated carbocycles. The van der Waals surface area contributed by atoms with Gasteiger partial charge in [0.15, 0.2) is 23.3 Å². The Labute approximate surface area is 117 Å². The fourth-order valence-electron chi connectivity index (χ4n) is 1.87. The quantitative estimate of drug-likeness (QED) is 0.822. The fraction of sp³-hybridized carbons (Fsp3) is 0.400. The first-order chi connectivity index (χ1) is 9.58. The predicted octanol–water partition coefficient (Wildman–Crippen LogP) is 3.55. The first-order valence-corrected chi connectivity index (χ1v) is 6.70. The summed E-state index contributed by atoms with van der Waals surface area (Å²) >= 11 is 0. The third-order valence-electron chi connectivity index (χ3n) is 2.89. The smallest absolute Gasteiger partial charge is 0.194 e. The maximum Gasteiger partial charge on any atom is 0.194 e. The molecule has 20 heavy (non-hydrogen) atoms. The van der Waals surface area contributed by atoms with Crippen molar-refractivity contribution in [2.24, 2.45) is 0 Å². The van der Waals surface area contributed by atoms with Crippen molar-refractivity contribution in [2.45, 2.75) is 32.7 Å². The van der Waals surface area contributed by atoms with Gasteiger partial charge in [0.05, 0.1) is 11.8 Å². The molecule has 0 spiro atoms. The Bertz CT molecular complexity index is 567. The second kappa shape index (κ2) is 6.61. The second-order valence-electron chi connectivity index (χ2n) is 4.93. The largest absolute Gasteiger partial charge is 0.441 e. The van der Waals surface area contributed by atoms with E-state index in [0.717, 1.165) is 19.0 Å². The summed E-state index contributed by atoms with van der Waals surface area (Å²) in [5.41, 5.74) is 0.101. The summed E-state index contributed by atoms with van der Waals surface area (Å²) in [6.07, 6.45) is 2.98. The molecule has 1 aromatic carbocycles. The van der Waals surface area contributed by atoms with Crippen LogP contribution in [0.2, 0.25) is 0 Å². The highest BCUT2D eigenvalue weighted by atomic mass is 19.2. The number of benzene rings is 1. The Morgan fingerprint density at radius 2 is 2.10 bits per heavy atom. The Kier molecular flexibility index (Phi) is 4.84. The van der Waals surface area contributed by atoms with Crippen molar-refractivity contribution in [3.05, 3.63) is 41.9 Å². The van der Waals surface area contributed by atoms with Gasteiger partial charge in [-0.15, -0.1) is 0 Å². The van der Waals surface area contributed by atoms with Crippen molar-refractivity contribution in [3.8, 4) is 11.3 Å². The normalized spacial score (nSPS) is 11.2. The van der Waals surface area contributed by atoms with Gasteiger partial charge in [-0.05, 0) is 25.1 Å². The Hall–Kier alpha value is -1.75. The number of nitrogens with zero attached hydrogens (tertiary/aromatic N) is 1. The average molecular weight is 280 g/mol. The highest BCUT2D eigenvalue weighted by molar-refractivity contribution is 5.57. The van der Waals surface area contributed by atoms with Crippen LogP contribution in [-0.2, 0) is 6.42 Å². The molecule has 0 bridgehead atoms. The highest BCUT2D eigenvalue weighted by Crippen LogP contribution is 2.25. The van der Waals surface area contributed by atoms with Crippen LogP contribution in [0.15, 0.2) is 28.8 Å². The number of rotatable bonds is 6. The number of hydrogen-bond donors (Lipinski definition) is 1. The topological polar surface area (TPSA) is 38.1 Å². The van der Waals surface area contributed by atoms with Gasteiger partial charge in [0.2, 0.25) is 0 Å². The van der Waals surface area contributed by atoms with Gasteiger partial charge in [-0.25, -0.2) is 13.8 Å². The third kappa shape index (κ3) is 3.63. The van der Waals surface area contributed by atoms with E-state index in [0.29, 0.717) is 18.4 Å². The summed E-state index contributed by atoms with van der Waals surface area (Å²) < 4.78 is 32.2. The lowest BCUT2D eigenvalue weighted by atomic mass is 10.2. The summed E-state index contributed by atoms with van der Waals surface area (Å²) in [5.74, 6) is -0.999. The van der Waals surface area contributed by atoms with Crippen LogP contribution in [0.4, 0.5) is 8.78 Å². The van der Waals surface area contributed by atoms with Gasteiger partial charge in [0.25, 0.3) is 0 Å². The maximum atomic E-state index is 13.6. The zero-order valence-corrected chi connectivity index (χ0v) is 11.6. The molecule has 5 heteroatoms. The van der Waals surface area contributed by atoms with E-state index >= 15 is 0 Å². The summed E-state index contributed by atoms with van der Waals surface area (Å²) in [6.45, 7) is 5.02. The minimum Gasteiger partial charge on any atom is -0.441 e. The van der Waals surface area contributed by atoms with E-state index in [9.17, 15) is 8.78 Å². The highest BCUT2D eigenvalue weighted by Gasteiger charge is 2.13. The Balaban J connectivity index is 2.00. The molecule has 0 atom stereocenters. The summed E-state index contributed by atoms with van der Waals surface area (Å²) in [5, 5.41) is 3.29.